The van der Waals surface area contributed by atoms with E-state index in [1.165, 1.54) is 0 Å². The highest BCUT2D eigenvalue weighted by atomic mass is 16.5. The van der Waals surface area contributed by atoms with Crippen molar-refractivity contribution in [3.63, 3.8) is 0 Å². The molecular weight excluding hydrogens is 284 g/mol. The van der Waals surface area contributed by atoms with Crippen LogP contribution in [0, 0.1) is 0 Å². The topological polar surface area (TPSA) is 66.6 Å². The summed E-state index contributed by atoms with van der Waals surface area (Å²) in [5.41, 5.74) is 1.05. The van der Waals surface area contributed by atoms with Crippen LogP contribution in [-0.4, -0.2) is 31.0 Å². The Morgan fingerprint density at radius 3 is 2.82 bits per heavy atom. The first kappa shape index (κ1) is 16.0. The maximum atomic E-state index is 5.69. The lowest BCUT2D eigenvalue weighted by Crippen LogP contribution is -2.00. The van der Waals surface area contributed by atoms with Gasteiger partial charge in [-0.1, -0.05) is 23.4 Å². The third-order valence-corrected chi connectivity index (χ3v) is 2.94. The number of rotatable bonds is 8. The quantitative estimate of drug-likeness (QED) is 0.747. The highest BCUT2D eigenvalue weighted by Gasteiger charge is 2.10. The first-order valence-electron chi connectivity index (χ1n) is 7.00. The second-order valence-electron chi connectivity index (χ2n) is 4.55. The average Bonchev–Trinajstić information content (AvgIpc) is 2.99. The second-order valence-corrected chi connectivity index (χ2v) is 4.55. The van der Waals surface area contributed by atoms with Gasteiger partial charge in [0.25, 0.3) is 5.89 Å². The summed E-state index contributed by atoms with van der Waals surface area (Å²) in [5.74, 6) is 2.32. The first-order chi connectivity index (χ1) is 10.8. The lowest BCUT2D eigenvalue weighted by atomic mass is 10.2. The van der Waals surface area contributed by atoms with Crippen molar-refractivity contribution in [1.82, 2.24) is 10.1 Å². The van der Waals surface area contributed by atoms with E-state index < -0.39 is 0 Å². The van der Waals surface area contributed by atoms with E-state index in [-0.39, 0.29) is 6.61 Å². The molecule has 1 aromatic heterocycles. The Morgan fingerprint density at radius 2 is 2.09 bits per heavy atom. The summed E-state index contributed by atoms with van der Waals surface area (Å²) in [6, 6.07) is 5.72. The normalized spacial score (nSPS) is 11.0. The standard InChI is InChI=1S/C16H20N2O4/c1-4-5-12-6-7-13(14(10-12)20-3)21-11-16-17-15(18-22-16)8-9-19-2/h4-7,10H,8-9,11H2,1-3H3/b5-4+. The molecule has 0 amide bonds. The summed E-state index contributed by atoms with van der Waals surface area (Å²) in [5, 5.41) is 3.86. The molecule has 0 aliphatic carbocycles. The van der Waals surface area contributed by atoms with Gasteiger partial charge in [0.2, 0.25) is 0 Å². The highest BCUT2D eigenvalue weighted by Crippen LogP contribution is 2.29. The Kier molecular flexibility index (Phi) is 5.97. The summed E-state index contributed by atoms with van der Waals surface area (Å²) < 4.78 is 21.1. The summed E-state index contributed by atoms with van der Waals surface area (Å²) >= 11 is 0. The number of ether oxygens (including phenoxy) is 3. The van der Waals surface area contributed by atoms with Crippen LogP contribution in [-0.2, 0) is 17.8 Å². The van der Waals surface area contributed by atoms with Crippen LogP contribution in [0.5, 0.6) is 11.5 Å². The fraction of sp³-hybridized carbons (Fsp3) is 0.375. The van der Waals surface area contributed by atoms with Crippen molar-refractivity contribution in [3.8, 4) is 11.5 Å². The van der Waals surface area contributed by atoms with Crippen molar-refractivity contribution in [1.29, 1.82) is 0 Å². The molecule has 0 radical (unpaired) electrons. The zero-order valence-corrected chi connectivity index (χ0v) is 13.0. The number of benzene rings is 1. The van der Waals surface area contributed by atoms with Crippen LogP contribution < -0.4 is 9.47 Å². The maximum Gasteiger partial charge on any atom is 0.264 e. The molecule has 1 heterocycles. The Morgan fingerprint density at radius 1 is 1.23 bits per heavy atom. The Labute approximate surface area is 129 Å². The minimum atomic E-state index is 0.194. The molecule has 0 spiro atoms. The van der Waals surface area contributed by atoms with Gasteiger partial charge in [-0.15, -0.1) is 0 Å². The Balaban J connectivity index is 2.00. The third kappa shape index (κ3) is 4.33. The van der Waals surface area contributed by atoms with Crippen molar-refractivity contribution in [3.05, 3.63) is 41.6 Å². The fourth-order valence-corrected chi connectivity index (χ4v) is 1.88. The van der Waals surface area contributed by atoms with Gasteiger partial charge < -0.3 is 18.7 Å². The minimum Gasteiger partial charge on any atom is -0.493 e. The smallest absolute Gasteiger partial charge is 0.264 e. The van der Waals surface area contributed by atoms with Gasteiger partial charge in [0.05, 0.1) is 13.7 Å². The van der Waals surface area contributed by atoms with Gasteiger partial charge >= 0.3 is 0 Å². The van der Waals surface area contributed by atoms with E-state index in [0.717, 1.165) is 5.56 Å². The van der Waals surface area contributed by atoms with Crippen molar-refractivity contribution >= 4 is 6.08 Å². The SMILES string of the molecule is C/C=C/c1ccc(OCc2nc(CCOC)no2)c(OC)c1. The van der Waals surface area contributed by atoms with Crippen molar-refractivity contribution in [2.24, 2.45) is 0 Å². The Hall–Kier alpha value is -2.34. The molecule has 0 atom stereocenters. The molecule has 0 unspecified atom stereocenters. The summed E-state index contributed by atoms with van der Waals surface area (Å²) in [6.07, 6.45) is 4.57. The second kappa shape index (κ2) is 8.19. The van der Waals surface area contributed by atoms with Gasteiger partial charge in [-0.05, 0) is 24.6 Å². The van der Waals surface area contributed by atoms with Crippen molar-refractivity contribution in [2.75, 3.05) is 20.8 Å². The van der Waals surface area contributed by atoms with Gasteiger partial charge in [-0.25, -0.2) is 0 Å². The molecule has 0 bridgehead atoms. The van der Waals surface area contributed by atoms with E-state index in [9.17, 15) is 0 Å². The molecule has 118 valence electrons. The zero-order chi connectivity index (χ0) is 15.8. The molecule has 2 rings (SSSR count). The summed E-state index contributed by atoms with van der Waals surface area (Å²) in [4.78, 5) is 4.23. The lowest BCUT2D eigenvalue weighted by Gasteiger charge is -2.09. The molecule has 0 saturated heterocycles. The minimum absolute atomic E-state index is 0.194. The predicted octanol–water partition coefficient (Wildman–Crippen LogP) is 2.88. The van der Waals surface area contributed by atoms with E-state index in [1.807, 2.05) is 37.3 Å². The van der Waals surface area contributed by atoms with Gasteiger partial charge in [0.15, 0.2) is 23.9 Å². The first-order valence-corrected chi connectivity index (χ1v) is 7.00. The average molecular weight is 304 g/mol. The van der Waals surface area contributed by atoms with Gasteiger partial charge in [0, 0.05) is 13.5 Å². The van der Waals surface area contributed by atoms with Crippen LogP contribution in [0.2, 0.25) is 0 Å². The van der Waals surface area contributed by atoms with E-state index >= 15 is 0 Å². The summed E-state index contributed by atoms with van der Waals surface area (Å²) in [6.45, 7) is 2.72. The van der Waals surface area contributed by atoms with Crippen molar-refractivity contribution in [2.45, 2.75) is 20.0 Å². The summed E-state index contributed by atoms with van der Waals surface area (Å²) in [7, 11) is 3.24. The number of allylic oxidation sites excluding steroid dienone is 1. The number of nitrogens with zero attached hydrogens (tertiary/aromatic N) is 2. The van der Waals surface area contributed by atoms with Crippen LogP contribution in [0.1, 0.15) is 24.2 Å². The molecule has 0 saturated carbocycles. The van der Waals surface area contributed by atoms with Crippen molar-refractivity contribution < 1.29 is 18.7 Å². The molecule has 22 heavy (non-hydrogen) atoms. The van der Waals surface area contributed by atoms with Gasteiger partial charge in [0.1, 0.15) is 0 Å². The van der Waals surface area contributed by atoms with Crippen LogP contribution in [0.25, 0.3) is 6.08 Å². The largest absolute Gasteiger partial charge is 0.493 e. The molecule has 0 aliphatic rings. The van der Waals surface area contributed by atoms with Gasteiger partial charge in [-0.3, -0.25) is 0 Å². The molecule has 0 N–H and O–H groups in total. The third-order valence-electron chi connectivity index (χ3n) is 2.94. The lowest BCUT2D eigenvalue weighted by molar-refractivity contribution is 0.199. The number of methoxy groups -OCH3 is 2. The number of hydrogen-bond donors (Lipinski definition) is 0. The molecular formula is C16H20N2O4. The van der Waals surface area contributed by atoms with Crippen LogP contribution in [0.3, 0.4) is 0 Å². The molecule has 1 aromatic carbocycles. The van der Waals surface area contributed by atoms with Crippen LogP contribution in [0.15, 0.2) is 28.8 Å². The van der Waals surface area contributed by atoms with E-state index in [1.54, 1.807) is 14.2 Å². The molecule has 6 nitrogen and oxygen atoms in total. The number of aromatic nitrogens is 2. The number of hydrogen-bond acceptors (Lipinski definition) is 6. The van der Waals surface area contributed by atoms with Crippen LogP contribution >= 0.6 is 0 Å². The molecule has 0 aliphatic heterocycles. The molecule has 2 aromatic rings. The van der Waals surface area contributed by atoms with Crippen LogP contribution in [0.4, 0.5) is 0 Å². The fourth-order valence-electron chi connectivity index (χ4n) is 1.88. The van der Waals surface area contributed by atoms with E-state index in [2.05, 4.69) is 10.1 Å². The van der Waals surface area contributed by atoms with E-state index in [4.69, 9.17) is 18.7 Å². The Bertz CT molecular complexity index is 622. The predicted molar refractivity (Wildman–Crippen MR) is 81.9 cm³/mol. The highest BCUT2D eigenvalue weighted by molar-refractivity contribution is 5.55. The van der Waals surface area contributed by atoms with E-state index in [0.29, 0.717) is 36.2 Å². The molecule has 0 fully saturated rings. The molecule has 6 heteroatoms. The van der Waals surface area contributed by atoms with Gasteiger partial charge in [-0.2, -0.15) is 4.98 Å². The monoisotopic (exact) mass is 304 g/mol. The maximum absolute atomic E-state index is 5.69. The zero-order valence-electron chi connectivity index (χ0n) is 13.0.